The maximum absolute atomic E-state index is 15.0. The molecule has 4 heteroatoms. The van der Waals surface area contributed by atoms with Gasteiger partial charge in [-0.15, -0.1) is 0 Å². The molecule has 1 spiro atoms. The minimum absolute atomic E-state index is 0.0438. The maximum Gasteiger partial charge on any atom is 0.171 e. The molecule has 1 unspecified atom stereocenters. The first kappa shape index (κ1) is 26.5. The molecule has 1 atom stereocenters. The molecule has 0 saturated heterocycles. The number of fused-ring (bicyclic) bond motifs is 4. The van der Waals surface area contributed by atoms with Gasteiger partial charge in [-0.2, -0.15) is 0 Å². The molecule has 0 bridgehead atoms. The van der Waals surface area contributed by atoms with Crippen LogP contribution in [0.1, 0.15) is 32.6 Å². The third-order valence-corrected chi connectivity index (χ3v) is 9.06. The van der Waals surface area contributed by atoms with E-state index < -0.39 is 11.3 Å². The fraction of sp³-hybridized carbons (Fsp3) is 0.0789. The van der Waals surface area contributed by atoms with Crippen molar-refractivity contribution in [2.24, 2.45) is 5.92 Å². The Bertz CT molecular complexity index is 1820. The van der Waals surface area contributed by atoms with Crippen molar-refractivity contribution in [3.63, 3.8) is 0 Å². The van der Waals surface area contributed by atoms with E-state index >= 15 is 4.79 Å². The van der Waals surface area contributed by atoms with Crippen LogP contribution in [0.3, 0.4) is 0 Å². The first-order chi connectivity index (χ1) is 20.5. The number of hydrogen-bond acceptors (Lipinski definition) is 2. The molecule has 0 saturated carbocycles. The van der Waals surface area contributed by atoms with Gasteiger partial charge in [-0.05, 0) is 81.9 Å². The minimum Gasteiger partial charge on any atom is -0.344 e. The van der Waals surface area contributed by atoms with E-state index in [2.05, 4.69) is 96.9 Å². The van der Waals surface area contributed by atoms with Gasteiger partial charge in [0.2, 0.25) is 0 Å². The maximum atomic E-state index is 15.0. The number of carbonyl (C=O) groups excluding carboxylic acids is 1. The highest BCUT2D eigenvalue weighted by molar-refractivity contribution is 6.31. The monoisotopic (exact) mass is 583 g/mol. The fourth-order valence-electron chi connectivity index (χ4n) is 6.66. The topological polar surface area (TPSA) is 20.3 Å². The van der Waals surface area contributed by atoms with Gasteiger partial charge in [0.05, 0.1) is 11.3 Å². The van der Waals surface area contributed by atoms with Crippen molar-refractivity contribution in [2.45, 2.75) is 5.41 Å². The first-order valence-electron chi connectivity index (χ1n) is 14.0. The summed E-state index contributed by atoms with van der Waals surface area (Å²) in [6.45, 7) is 0. The number of nitrogens with zero attached hydrogens (tertiary/aromatic N) is 1. The van der Waals surface area contributed by atoms with Crippen molar-refractivity contribution in [1.82, 2.24) is 0 Å². The minimum atomic E-state index is -0.800. The van der Waals surface area contributed by atoms with Gasteiger partial charge in [0.1, 0.15) is 0 Å². The van der Waals surface area contributed by atoms with Crippen molar-refractivity contribution in [2.75, 3.05) is 11.9 Å². The lowest BCUT2D eigenvalue weighted by atomic mass is 9.55. The van der Waals surface area contributed by atoms with Crippen molar-refractivity contribution in [3.8, 4) is 0 Å². The Kier molecular flexibility index (Phi) is 6.61. The van der Waals surface area contributed by atoms with Gasteiger partial charge in [0.15, 0.2) is 5.78 Å². The predicted molar refractivity (Wildman–Crippen MR) is 175 cm³/mol. The molecule has 2 nitrogen and oxygen atoms in total. The molecular formula is C38H27Cl2NO. The number of para-hydroxylation sites is 2. The highest BCUT2D eigenvalue weighted by atomic mass is 35.5. The Morgan fingerprint density at radius 3 is 1.76 bits per heavy atom. The van der Waals surface area contributed by atoms with Gasteiger partial charge in [-0.3, -0.25) is 4.79 Å². The second-order valence-corrected chi connectivity index (χ2v) is 11.7. The molecule has 42 heavy (non-hydrogen) atoms. The first-order valence-corrected chi connectivity index (χ1v) is 14.7. The molecule has 0 fully saturated rings. The van der Waals surface area contributed by atoms with Crippen LogP contribution in [0, 0.1) is 5.92 Å². The van der Waals surface area contributed by atoms with Gasteiger partial charge >= 0.3 is 0 Å². The molecular weight excluding hydrogens is 557 g/mol. The standard InChI is InChI=1S/C38H27Cl2NO/c1-41-34-13-7-5-11-32(34)38(33-12-6-8-14-35(33)41)24-28(25-15-19-29(39)20-16-25)23-31(26-9-3-2-4-10-26)36(38)37(42)27-17-21-30(40)22-18-27/h2-24,36H,1H3. The Morgan fingerprint density at radius 2 is 1.17 bits per heavy atom. The Hall–Kier alpha value is -4.37. The summed E-state index contributed by atoms with van der Waals surface area (Å²) in [5, 5.41) is 1.28. The zero-order valence-corrected chi connectivity index (χ0v) is 24.5. The molecule has 1 heterocycles. The van der Waals surface area contributed by atoms with Crippen LogP contribution < -0.4 is 4.90 Å². The van der Waals surface area contributed by atoms with Gasteiger partial charge in [0, 0.05) is 34.0 Å². The molecule has 0 radical (unpaired) electrons. The summed E-state index contributed by atoms with van der Waals surface area (Å²) in [5.41, 5.74) is 8.22. The second kappa shape index (κ2) is 10.5. The van der Waals surface area contributed by atoms with E-state index in [1.54, 1.807) is 12.1 Å². The lowest BCUT2D eigenvalue weighted by molar-refractivity contribution is 0.0924. The molecule has 204 valence electrons. The summed E-state index contributed by atoms with van der Waals surface area (Å²) >= 11 is 12.6. The lowest BCUT2D eigenvalue weighted by Crippen LogP contribution is -2.45. The molecule has 0 amide bonds. The van der Waals surface area contributed by atoms with Crippen LogP contribution in [0.4, 0.5) is 11.4 Å². The third kappa shape index (κ3) is 4.22. The van der Waals surface area contributed by atoms with Crippen LogP contribution in [0.5, 0.6) is 0 Å². The summed E-state index contributed by atoms with van der Waals surface area (Å²) in [7, 11) is 2.10. The Labute approximate surface area is 256 Å². The van der Waals surface area contributed by atoms with Crippen LogP contribution in [0.2, 0.25) is 10.0 Å². The highest BCUT2D eigenvalue weighted by Crippen LogP contribution is 2.59. The van der Waals surface area contributed by atoms with Crippen molar-refractivity contribution >= 4 is 51.5 Å². The van der Waals surface area contributed by atoms with Gasteiger partial charge in [0.25, 0.3) is 0 Å². The van der Waals surface area contributed by atoms with Crippen molar-refractivity contribution < 1.29 is 4.79 Å². The van der Waals surface area contributed by atoms with E-state index in [4.69, 9.17) is 23.2 Å². The number of halogens is 2. The number of ketones is 1. The van der Waals surface area contributed by atoms with Crippen LogP contribution in [-0.4, -0.2) is 12.8 Å². The van der Waals surface area contributed by atoms with Crippen molar-refractivity contribution in [3.05, 3.63) is 177 Å². The number of anilines is 2. The average molecular weight is 585 g/mol. The van der Waals surface area contributed by atoms with E-state index in [1.165, 1.54) is 0 Å². The lowest BCUT2D eigenvalue weighted by Gasteiger charge is -2.49. The summed E-state index contributed by atoms with van der Waals surface area (Å²) < 4.78 is 0. The van der Waals surface area contributed by atoms with Gasteiger partial charge in [-0.25, -0.2) is 0 Å². The number of rotatable bonds is 4. The normalized spacial score (nSPS) is 16.7. The Morgan fingerprint density at radius 1 is 0.643 bits per heavy atom. The van der Waals surface area contributed by atoms with E-state index in [-0.39, 0.29) is 5.78 Å². The molecule has 5 aromatic rings. The summed E-state index contributed by atoms with van der Waals surface area (Å²) in [6.07, 6.45) is 4.50. The van der Waals surface area contributed by atoms with E-state index in [0.717, 1.165) is 44.8 Å². The van der Waals surface area contributed by atoms with E-state index in [9.17, 15) is 0 Å². The van der Waals surface area contributed by atoms with E-state index in [0.29, 0.717) is 15.6 Å². The summed E-state index contributed by atoms with van der Waals surface area (Å²) in [4.78, 5) is 17.2. The molecule has 1 aliphatic heterocycles. The van der Waals surface area contributed by atoms with Gasteiger partial charge < -0.3 is 4.90 Å². The van der Waals surface area contributed by atoms with E-state index in [1.807, 2.05) is 42.5 Å². The summed E-state index contributed by atoms with van der Waals surface area (Å²) in [5.74, 6) is -0.504. The molecule has 0 N–H and O–H groups in total. The molecule has 5 aromatic carbocycles. The number of carbonyl (C=O) groups is 1. The molecule has 2 aliphatic rings. The number of hydrogen-bond donors (Lipinski definition) is 0. The van der Waals surface area contributed by atoms with Crippen LogP contribution in [0.25, 0.3) is 11.1 Å². The van der Waals surface area contributed by atoms with Gasteiger partial charge in [-0.1, -0.05) is 114 Å². The molecule has 1 aliphatic carbocycles. The predicted octanol–water partition coefficient (Wildman–Crippen LogP) is 10.0. The van der Waals surface area contributed by atoms with Crippen LogP contribution in [0.15, 0.2) is 140 Å². The van der Waals surface area contributed by atoms with Crippen LogP contribution >= 0.6 is 23.2 Å². The Balaban J connectivity index is 1.61. The zero-order valence-electron chi connectivity index (χ0n) is 23.0. The highest BCUT2D eigenvalue weighted by Gasteiger charge is 2.52. The van der Waals surface area contributed by atoms with Crippen molar-refractivity contribution in [1.29, 1.82) is 0 Å². The quantitative estimate of drug-likeness (QED) is 0.196. The smallest absolute Gasteiger partial charge is 0.171 e. The SMILES string of the molecule is CN1c2ccccc2C2(C=C(c3ccc(Cl)cc3)C=C(c3ccccc3)C2C(=O)c2ccc(Cl)cc2)c2ccccc21. The largest absolute Gasteiger partial charge is 0.344 e. The number of allylic oxidation sites excluding steroid dienone is 4. The summed E-state index contributed by atoms with van der Waals surface area (Å²) in [6, 6.07) is 42.4. The zero-order chi connectivity index (χ0) is 28.8. The number of benzene rings is 5. The molecule has 0 aromatic heterocycles. The average Bonchev–Trinajstić information content (AvgIpc) is 3.04. The van der Waals surface area contributed by atoms with Crippen LogP contribution in [-0.2, 0) is 5.41 Å². The third-order valence-electron chi connectivity index (χ3n) is 8.56. The number of Topliss-reactive ketones (excluding diaryl/α,β-unsaturated/α-hetero) is 1. The fourth-order valence-corrected chi connectivity index (χ4v) is 6.91. The second-order valence-electron chi connectivity index (χ2n) is 10.8. The molecule has 7 rings (SSSR count).